The predicted octanol–water partition coefficient (Wildman–Crippen LogP) is 4.19. The summed E-state index contributed by atoms with van der Waals surface area (Å²) >= 11 is 1.60. The zero-order valence-corrected chi connectivity index (χ0v) is 16.6. The van der Waals surface area contributed by atoms with Crippen molar-refractivity contribution in [2.45, 2.75) is 37.8 Å². The molecule has 1 aliphatic heterocycles. The lowest BCUT2D eigenvalue weighted by atomic mass is 10.0. The monoisotopic (exact) mass is 387 g/mol. The van der Waals surface area contributed by atoms with Gasteiger partial charge in [0, 0.05) is 11.3 Å². The average molecular weight is 388 g/mol. The summed E-state index contributed by atoms with van der Waals surface area (Å²) in [6.45, 7) is 4.71. The summed E-state index contributed by atoms with van der Waals surface area (Å²) in [5, 5.41) is 12.3. The number of methoxy groups -OCH3 is 1. The molecular formula is C21H25NO4S. The van der Waals surface area contributed by atoms with Gasteiger partial charge in [-0.15, -0.1) is 11.8 Å². The number of hydrogen-bond acceptors (Lipinski definition) is 5. The summed E-state index contributed by atoms with van der Waals surface area (Å²) in [6, 6.07) is 13.5. The molecule has 0 aromatic heterocycles. The maximum Gasteiger partial charge on any atom is 0.321 e. The van der Waals surface area contributed by atoms with Crippen LogP contribution in [0, 0.1) is 0 Å². The molecule has 2 N–H and O–H groups in total. The summed E-state index contributed by atoms with van der Waals surface area (Å²) < 4.78 is 11.4. The third-order valence-electron chi connectivity index (χ3n) is 4.63. The largest absolute Gasteiger partial charge is 0.496 e. The number of carbonyl (C=O) groups is 1. The summed E-state index contributed by atoms with van der Waals surface area (Å²) in [7, 11) is 1.64. The highest BCUT2D eigenvalue weighted by Crippen LogP contribution is 2.35. The minimum atomic E-state index is -0.813. The number of carboxylic acid groups (broad SMARTS) is 1. The Morgan fingerprint density at radius 2 is 2.00 bits per heavy atom. The van der Waals surface area contributed by atoms with Crippen molar-refractivity contribution in [1.29, 1.82) is 0 Å². The van der Waals surface area contributed by atoms with Crippen molar-refractivity contribution in [3.63, 3.8) is 0 Å². The molecule has 0 unspecified atom stereocenters. The molecule has 144 valence electrons. The number of rotatable bonds is 7. The molecule has 1 aliphatic rings. The Labute approximate surface area is 164 Å². The van der Waals surface area contributed by atoms with Gasteiger partial charge in [0.15, 0.2) is 0 Å². The number of aliphatic carboxylic acids is 1. The first-order chi connectivity index (χ1) is 13.0. The van der Waals surface area contributed by atoms with Gasteiger partial charge in [0.1, 0.15) is 24.1 Å². The minimum absolute atomic E-state index is 0.0407. The Hall–Kier alpha value is -2.18. The Bertz CT molecular complexity index is 791. The molecule has 3 rings (SSSR count). The Morgan fingerprint density at radius 1 is 1.26 bits per heavy atom. The minimum Gasteiger partial charge on any atom is -0.496 e. The van der Waals surface area contributed by atoms with Crippen LogP contribution < -0.4 is 14.8 Å². The molecule has 2 aromatic rings. The van der Waals surface area contributed by atoms with Crippen molar-refractivity contribution in [2.75, 3.05) is 12.9 Å². The second kappa shape index (κ2) is 8.67. The fourth-order valence-corrected chi connectivity index (χ4v) is 4.21. The van der Waals surface area contributed by atoms with E-state index >= 15 is 0 Å². The van der Waals surface area contributed by atoms with Crippen LogP contribution in [-0.2, 0) is 11.4 Å². The van der Waals surface area contributed by atoms with Crippen LogP contribution >= 0.6 is 11.8 Å². The van der Waals surface area contributed by atoms with Gasteiger partial charge < -0.3 is 14.6 Å². The Kier molecular flexibility index (Phi) is 6.29. The molecule has 5 nitrogen and oxygen atoms in total. The summed E-state index contributed by atoms with van der Waals surface area (Å²) in [6.07, 6.45) is 0. The van der Waals surface area contributed by atoms with E-state index in [-0.39, 0.29) is 5.37 Å². The van der Waals surface area contributed by atoms with E-state index in [1.54, 1.807) is 18.9 Å². The lowest BCUT2D eigenvalue weighted by molar-refractivity contribution is -0.138. The van der Waals surface area contributed by atoms with Gasteiger partial charge in [-0.2, -0.15) is 0 Å². The SMILES string of the molecule is COc1ccc([C@@H]2N[C@@H](C(=O)O)CS2)cc1COc1ccc(C(C)C)cc1. The molecule has 1 heterocycles. The zero-order valence-electron chi connectivity index (χ0n) is 15.8. The fraction of sp³-hybridized carbons (Fsp3) is 0.381. The van der Waals surface area contributed by atoms with Crippen molar-refractivity contribution < 1.29 is 19.4 Å². The van der Waals surface area contributed by atoms with Crippen LogP contribution in [0.3, 0.4) is 0 Å². The molecule has 0 saturated carbocycles. The number of thioether (sulfide) groups is 1. The van der Waals surface area contributed by atoms with Gasteiger partial charge in [0.2, 0.25) is 0 Å². The van der Waals surface area contributed by atoms with Crippen molar-refractivity contribution in [2.24, 2.45) is 0 Å². The third-order valence-corrected chi connectivity index (χ3v) is 5.90. The molecule has 0 spiro atoms. The highest BCUT2D eigenvalue weighted by molar-refractivity contribution is 7.99. The molecule has 6 heteroatoms. The number of nitrogens with one attached hydrogen (secondary N) is 1. The van der Waals surface area contributed by atoms with E-state index in [4.69, 9.17) is 14.6 Å². The molecule has 0 radical (unpaired) electrons. The first kappa shape index (κ1) is 19.6. The quantitative estimate of drug-likeness (QED) is 0.743. The van der Waals surface area contributed by atoms with Crippen molar-refractivity contribution in [3.8, 4) is 11.5 Å². The van der Waals surface area contributed by atoms with Gasteiger partial charge in [-0.3, -0.25) is 10.1 Å². The molecule has 2 aromatic carbocycles. The predicted molar refractivity (Wildman–Crippen MR) is 108 cm³/mol. The highest BCUT2D eigenvalue weighted by atomic mass is 32.2. The van der Waals surface area contributed by atoms with E-state index in [0.717, 1.165) is 22.6 Å². The second-order valence-corrected chi connectivity index (χ2v) is 7.99. The fourth-order valence-electron chi connectivity index (χ4n) is 2.99. The van der Waals surface area contributed by atoms with Gasteiger partial charge in [-0.25, -0.2) is 0 Å². The Balaban J connectivity index is 1.71. The van der Waals surface area contributed by atoms with Gasteiger partial charge in [-0.1, -0.05) is 32.0 Å². The van der Waals surface area contributed by atoms with Crippen LogP contribution in [0.2, 0.25) is 0 Å². The standard InChI is InChI=1S/C21H25NO4S/c1-13(2)14-4-7-17(8-5-14)26-11-16-10-15(6-9-19(16)25-3)20-22-18(12-27-20)21(23)24/h4-10,13,18,20,22H,11-12H2,1-3H3,(H,23,24)/t18-,20-/m1/s1. The average Bonchev–Trinajstić information content (AvgIpc) is 3.17. The molecule has 0 bridgehead atoms. The normalized spacial score (nSPS) is 19.3. The van der Waals surface area contributed by atoms with Crippen LogP contribution in [0.4, 0.5) is 0 Å². The maximum absolute atomic E-state index is 11.2. The van der Waals surface area contributed by atoms with E-state index in [1.807, 2.05) is 30.3 Å². The molecule has 2 atom stereocenters. The van der Waals surface area contributed by atoms with E-state index in [9.17, 15) is 4.79 Å². The second-order valence-electron chi connectivity index (χ2n) is 6.85. The van der Waals surface area contributed by atoms with E-state index in [2.05, 4.69) is 31.3 Å². The van der Waals surface area contributed by atoms with Gasteiger partial charge in [0.05, 0.1) is 12.5 Å². The van der Waals surface area contributed by atoms with Crippen LogP contribution in [-0.4, -0.2) is 30.0 Å². The van der Waals surface area contributed by atoms with Gasteiger partial charge in [0.25, 0.3) is 0 Å². The molecule has 0 aliphatic carbocycles. The van der Waals surface area contributed by atoms with Crippen LogP contribution in [0.25, 0.3) is 0 Å². The maximum atomic E-state index is 11.2. The first-order valence-corrected chi connectivity index (χ1v) is 10.0. The van der Waals surface area contributed by atoms with Crippen molar-refractivity contribution in [1.82, 2.24) is 5.32 Å². The lowest BCUT2D eigenvalue weighted by Crippen LogP contribution is -2.33. The number of carboxylic acids is 1. The lowest BCUT2D eigenvalue weighted by Gasteiger charge is -2.16. The summed E-state index contributed by atoms with van der Waals surface area (Å²) in [5.41, 5.74) is 3.24. The highest BCUT2D eigenvalue weighted by Gasteiger charge is 2.30. The van der Waals surface area contributed by atoms with Crippen LogP contribution in [0.1, 0.15) is 41.8 Å². The van der Waals surface area contributed by atoms with Crippen LogP contribution in [0.5, 0.6) is 11.5 Å². The van der Waals surface area contributed by atoms with Crippen LogP contribution in [0.15, 0.2) is 42.5 Å². The topological polar surface area (TPSA) is 67.8 Å². The molecular weight excluding hydrogens is 362 g/mol. The number of benzene rings is 2. The molecule has 0 amide bonds. The van der Waals surface area contributed by atoms with Gasteiger partial charge in [-0.05, 0) is 41.3 Å². The molecule has 1 saturated heterocycles. The van der Waals surface area contributed by atoms with E-state index in [1.165, 1.54) is 5.56 Å². The van der Waals surface area contributed by atoms with E-state index < -0.39 is 12.0 Å². The Morgan fingerprint density at radius 3 is 2.59 bits per heavy atom. The smallest absolute Gasteiger partial charge is 0.321 e. The van der Waals surface area contributed by atoms with Gasteiger partial charge >= 0.3 is 5.97 Å². The summed E-state index contributed by atoms with van der Waals surface area (Å²) in [5.74, 6) is 1.80. The number of ether oxygens (including phenoxy) is 2. The third kappa shape index (κ3) is 4.76. The van der Waals surface area contributed by atoms with Crippen molar-refractivity contribution >= 4 is 17.7 Å². The van der Waals surface area contributed by atoms with Crippen molar-refractivity contribution in [3.05, 3.63) is 59.2 Å². The molecule has 1 fully saturated rings. The van der Waals surface area contributed by atoms with E-state index in [0.29, 0.717) is 18.3 Å². The summed E-state index contributed by atoms with van der Waals surface area (Å²) in [4.78, 5) is 11.2. The zero-order chi connectivity index (χ0) is 19.4. The molecule has 27 heavy (non-hydrogen) atoms. The first-order valence-electron chi connectivity index (χ1n) is 8.98. The number of hydrogen-bond donors (Lipinski definition) is 2.